The molecule has 1 atom stereocenters. The zero-order chi connectivity index (χ0) is 6.91. The van der Waals surface area contributed by atoms with Crippen molar-refractivity contribution in [1.82, 2.24) is 0 Å². The van der Waals surface area contributed by atoms with Gasteiger partial charge in [0, 0.05) is 5.41 Å². The molecule has 1 saturated heterocycles. The lowest BCUT2D eigenvalue weighted by atomic mass is 9.77. The average molecular weight is 125 g/mol. The Morgan fingerprint density at radius 3 is 2.33 bits per heavy atom. The number of ether oxygens (including phenoxy) is 1. The van der Waals surface area contributed by atoms with E-state index in [4.69, 9.17) is 10.00 Å². The fourth-order valence-electron chi connectivity index (χ4n) is 0.830. The molecule has 50 valence electrons. The molecule has 9 heavy (non-hydrogen) atoms. The van der Waals surface area contributed by atoms with Crippen molar-refractivity contribution in [2.24, 2.45) is 11.3 Å². The van der Waals surface area contributed by atoms with Gasteiger partial charge < -0.3 is 4.74 Å². The van der Waals surface area contributed by atoms with E-state index in [1.54, 1.807) is 0 Å². The topological polar surface area (TPSA) is 33.0 Å². The van der Waals surface area contributed by atoms with Crippen molar-refractivity contribution in [2.75, 3.05) is 13.2 Å². The Balaban J connectivity index is 2.51. The summed E-state index contributed by atoms with van der Waals surface area (Å²) in [6.07, 6.45) is 0. The van der Waals surface area contributed by atoms with Crippen molar-refractivity contribution in [1.29, 1.82) is 5.26 Å². The van der Waals surface area contributed by atoms with Crippen LogP contribution in [0.1, 0.15) is 13.8 Å². The summed E-state index contributed by atoms with van der Waals surface area (Å²) in [6.45, 7) is 5.54. The molecule has 1 fully saturated rings. The van der Waals surface area contributed by atoms with Crippen LogP contribution in [0.25, 0.3) is 0 Å². The van der Waals surface area contributed by atoms with Gasteiger partial charge in [-0.3, -0.25) is 0 Å². The first-order valence-electron chi connectivity index (χ1n) is 3.16. The molecule has 0 aromatic carbocycles. The lowest BCUT2D eigenvalue weighted by molar-refractivity contribution is -0.119. The van der Waals surface area contributed by atoms with E-state index in [1.165, 1.54) is 0 Å². The minimum Gasteiger partial charge on any atom is -0.380 e. The third kappa shape index (κ3) is 0.927. The van der Waals surface area contributed by atoms with Gasteiger partial charge in [0.15, 0.2) is 0 Å². The summed E-state index contributed by atoms with van der Waals surface area (Å²) in [7, 11) is 0. The van der Waals surface area contributed by atoms with Gasteiger partial charge in [-0.25, -0.2) is 0 Å². The normalized spacial score (nSPS) is 25.9. The Bertz CT molecular complexity index is 143. The molecule has 0 aliphatic carbocycles. The van der Waals surface area contributed by atoms with Crippen LogP contribution in [0.5, 0.6) is 0 Å². The first-order valence-corrected chi connectivity index (χ1v) is 3.16. The van der Waals surface area contributed by atoms with Gasteiger partial charge in [0.25, 0.3) is 0 Å². The molecule has 2 heteroatoms. The highest BCUT2D eigenvalue weighted by Crippen LogP contribution is 2.34. The Kier molecular flexibility index (Phi) is 1.46. The molecule has 0 saturated carbocycles. The minimum atomic E-state index is 0.131. The van der Waals surface area contributed by atoms with Crippen LogP contribution >= 0.6 is 0 Å². The third-order valence-electron chi connectivity index (χ3n) is 2.10. The molecule has 0 aromatic rings. The molecule has 1 unspecified atom stereocenters. The zero-order valence-corrected chi connectivity index (χ0v) is 5.85. The monoisotopic (exact) mass is 125 g/mol. The van der Waals surface area contributed by atoms with E-state index in [9.17, 15) is 0 Å². The van der Waals surface area contributed by atoms with Crippen LogP contribution in [0.2, 0.25) is 0 Å². The van der Waals surface area contributed by atoms with Crippen LogP contribution in [-0.2, 0) is 4.74 Å². The lowest BCUT2D eigenvalue weighted by Gasteiger charge is -2.39. The first kappa shape index (κ1) is 6.57. The predicted molar refractivity (Wildman–Crippen MR) is 33.7 cm³/mol. The van der Waals surface area contributed by atoms with Crippen LogP contribution in [-0.4, -0.2) is 13.2 Å². The smallest absolute Gasteiger partial charge is 0.0660 e. The summed E-state index contributed by atoms with van der Waals surface area (Å²) in [6, 6.07) is 2.23. The maximum absolute atomic E-state index is 8.53. The van der Waals surface area contributed by atoms with Crippen LogP contribution < -0.4 is 0 Å². The molecular weight excluding hydrogens is 114 g/mol. The third-order valence-corrected chi connectivity index (χ3v) is 2.10. The summed E-state index contributed by atoms with van der Waals surface area (Å²) in [5.41, 5.74) is 0.148. The Morgan fingerprint density at radius 1 is 1.67 bits per heavy atom. The van der Waals surface area contributed by atoms with E-state index in [-0.39, 0.29) is 11.3 Å². The molecule has 0 amide bonds. The minimum absolute atomic E-state index is 0.131. The van der Waals surface area contributed by atoms with Gasteiger partial charge in [0.1, 0.15) is 0 Å². The van der Waals surface area contributed by atoms with Gasteiger partial charge in [-0.2, -0.15) is 5.26 Å². The number of nitriles is 1. The van der Waals surface area contributed by atoms with Crippen LogP contribution in [0.3, 0.4) is 0 Å². The van der Waals surface area contributed by atoms with Crippen LogP contribution in [0.4, 0.5) is 0 Å². The molecule has 0 aromatic heterocycles. The van der Waals surface area contributed by atoms with Gasteiger partial charge in [-0.1, -0.05) is 6.92 Å². The molecule has 1 aliphatic heterocycles. The molecule has 2 nitrogen and oxygen atoms in total. The fourth-order valence-corrected chi connectivity index (χ4v) is 0.830. The van der Waals surface area contributed by atoms with Crippen molar-refractivity contribution < 1.29 is 4.74 Å². The number of hydrogen-bond acceptors (Lipinski definition) is 2. The number of nitrogens with zero attached hydrogens (tertiary/aromatic N) is 1. The van der Waals surface area contributed by atoms with Crippen molar-refractivity contribution >= 4 is 0 Å². The molecule has 1 aliphatic rings. The van der Waals surface area contributed by atoms with Crippen molar-refractivity contribution in [3.05, 3.63) is 0 Å². The van der Waals surface area contributed by atoms with E-state index in [0.29, 0.717) is 0 Å². The zero-order valence-electron chi connectivity index (χ0n) is 5.85. The summed E-state index contributed by atoms with van der Waals surface area (Å²) in [4.78, 5) is 0. The maximum Gasteiger partial charge on any atom is 0.0660 e. The second-order valence-corrected chi connectivity index (χ2v) is 3.00. The quantitative estimate of drug-likeness (QED) is 0.527. The van der Waals surface area contributed by atoms with Crippen LogP contribution in [0.15, 0.2) is 0 Å². The highest BCUT2D eigenvalue weighted by atomic mass is 16.5. The molecular formula is C7H11NO. The molecule has 0 N–H and O–H groups in total. The van der Waals surface area contributed by atoms with E-state index < -0.39 is 0 Å². The van der Waals surface area contributed by atoms with Gasteiger partial charge >= 0.3 is 0 Å². The number of rotatable bonds is 1. The van der Waals surface area contributed by atoms with Gasteiger partial charge in [0.2, 0.25) is 0 Å². The SMILES string of the molecule is CC(C#N)C1(C)COC1. The van der Waals surface area contributed by atoms with Gasteiger partial charge in [0.05, 0.1) is 25.2 Å². The molecule has 0 spiro atoms. The lowest BCUT2D eigenvalue weighted by Crippen LogP contribution is -2.44. The van der Waals surface area contributed by atoms with E-state index in [1.807, 2.05) is 6.92 Å². The van der Waals surface area contributed by atoms with Gasteiger partial charge in [-0.15, -0.1) is 0 Å². The van der Waals surface area contributed by atoms with E-state index in [2.05, 4.69) is 13.0 Å². The standard InChI is InChI=1S/C7H11NO/c1-6(3-8)7(2)4-9-5-7/h6H,4-5H2,1-2H3. The predicted octanol–water partition coefficient (Wildman–Crippen LogP) is 1.18. The summed E-state index contributed by atoms with van der Waals surface area (Å²) >= 11 is 0. The molecule has 0 radical (unpaired) electrons. The van der Waals surface area contributed by atoms with Crippen LogP contribution in [0, 0.1) is 22.7 Å². The highest BCUT2D eigenvalue weighted by molar-refractivity contribution is 4.96. The number of hydrogen-bond donors (Lipinski definition) is 0. The second-order valence-electron chi connectivity index (χ2n) is 3.00. The van der Waals surface area contributed by atoms with Gasteiger partial charge in [-0.05, 0) is 6.92 Å². The molecule has 1 rings (SSSR count). The largest absolute Gasteiger partial charge is 0.380 e. The Hall–Kier alpha value is -0.550. The molecule has 1 heterocycles. The summed E-state index contributed by atoms with van der Waals surface area (Å²) in [5.74, 6) is 0.131. The fraction of sp³-hybridized carbons (Fsp3) is 0.857. The van der Waals surface area contributed by atoms with Crippen molar-refractivity contribution in [3.63, 3.8) is 0 Å². The first-order chi connectivity index (χ1) is 4.19. The summed E-state index contributed by atoms with van der Waals surface area (Å²) in [5, 5.41) is 8.53. The Morgan fingerprint density at radius 2 is 2.22 bits per heavy atom. The van der Waals surface area contributed by atoms with E-state index in [0.717, 1.165) is 13.2 Å². The second kappa shape index (κ2) is 2.00. The Labute approximate surface area is 55.4 Å². The van der Waals surface area contributed by atoms with Crippen molar-refractivity contribution in [3.8, 4) is 6.07 Å². The highest BCUT2D eigenvalue weighted by Gasteiger charge is 2.38. The average Bonchev–Trinajstić information content (AvgIpc) is 1.81. The van der Waals surface area contributed by atoms with E-state index >= 15 is 0 Å². The van der Waals surface area contributed by atoms with Crippen molar-refractivity contribution in [2.45, 2.75) is 13.8 Å². The maximum atomic E-state index is 8.53. The summed E-state index contributed by atoms with van der Waals surface area (Å²) < 4.78 is 5.01. The molecule has 0 bridgehead atoms.